The van der Waals surface area contributed by atoms with Gasteiger partial charge in [0.05, 0.1) is 6.42 Å². The van der Waals surface area contributed by atoms with Crippen LogP contribution < -0.4 is 0 Å². The number of carbonyl (C=O) groups excluding carboxylic acids is 1. The zero-order valence-corrected chi connectivity index (χ0v) is 10.4. The van der Waals surface area contributed by atoms with Crippen LogP contribution in [0.15, 0.2) is 24.3 Å². The first-order valence-corrected chi connectivity index (χ1v) is 6.07. The number of esters is 1. The smallest absolute Gasteiger partial charge is 0.310 e. The molecule has 0 aromatic heterocycles. The summed E-state index contributed by atoms with van der Waals surface area (Å²) in [5.74, 6) is -0.0893. The van der Waals surface area contributed by atoms with Crippen molar-refractivity contribution in [3.8, 4) is 0 Å². The van der Waals surface area contributed by atoms with E-state index >= 15 is 0 Å². The van der Waals surface area contributed by atoms with Crippen molar-refractivity contribution in [2.45, 2.75) is 58.0 Å². The van der Waals surface area contributed by atoms with E-state index in [1.165, 1.54) is 12.8 Å². The molecule has 0 saturated carbocycles. The van der Waals surface area contributed by atoms with Crippen LogP contribution in [-0.2, 0) is 9.53 Å². The maximum absolute atomic E-state index is 11.3. The quantitative estimate of drug-likeness (QED) is 0.388. The van der Waals surface area contributed by atoms with Crippen LogP contribution in [0.5, 0.6) is 0 Å². The minimum atomic E-state index is -0.367. The number of carbonyl (C=O) groups is 1. The Morgan fingerprint density at radius 1 is 1.50 bits per heavy atom. The van der Waals surface area contributed by atoms with Crippen molar-refractivity contribution in [2.75, 3.05) is 0 Å². The van der Waals surface area contributed by atoms with Gasteiger partial charge in [0.25, 0.3) is 0 Å². The molecule has 2 nitrogen and oxygen atoms in total. The van der Waals surface area contributed by atoms with E-state index in [1.54, 1.807) is 0 Å². The molecule has 90 valence electrons. The number of ether oxygens (including phenoxy) is 1. The van der Waals surface area contributed by atoms with Gasteiger partial charge in [0.15, 0.2) is 0 Å². The van der Waals surface area contributed by atoms with Crippen LogP contribution in [-0.4, -0.2) is 11.6 Å². The van der Waals surface area contributed by atoms with Gasteiger partial charge in [-0.1, -0.05) is 18.1 Å². The van der Waals surface area contributed by atoms with Gasteiger partial charge in [-0.05, 0) is 45.6 Å². The first-order chi connectivity index (χ1) is 7.56. The molecule has 0 spiro atoms. The Bertz CT molecular complexity index is 291. The average Bonchev–Trinajstić information content (AvgIpc) is 2.15. The molecule has 1 unspecified atom stereocenters. The van der Waals surface area contributed by atoms with Gasteiger partial charge in [0.1, 0.15) is 5.60 Å². The highest BCUT2D eigenvalue weighted by molar-refractivity contribution is 5.74. The zero-order chi connectivity index (χ0) is 12.0. The fourth-order valence-corrected chi connectivity index (χ4v) is 2.19. The zero-order valence-electron chi connectivity index (χ0n) is 10.4. The summed E-state index contributed by atoms with van der Waals surface area (Å²) < 4.78 is 5.42. The highest BCUT2D eigenvalue weighted by Crippen LogP contribution is 2.28. The molecule has 0 amide bonds. The van der Waals surface area contributed by atoms with Crippen molar-refractivity contribution >= 4 is 5.97 Å². The van der Waals surface area contributed by atoms with E-state index < -0.39 is 0 Å². The Morgan fingerprint density at radius 2 is 2.25 bits per heavy atom. The molecule has 2 heteroatoms. The number of rotatable bonds is 6. The molecular weight excluding hydrogens is 200 g/mol. The van der Waals surface area contributed by atoms with E-state index in [0.29, 0.717) is 6.42 Å². The molecule has 0 bridgehead atoms. The van der Waals surface area contributed by atoms with E-state index in [0.717, 1.165) is 24.8 Å². The third-order valence-corrected chi connectivity index (χ3v) is 2.90. The number of hydrogen-bond donors (Lipinski definition) is 0. The van der Waals surface area contributed by atoms with Gasteiger partial charge in [-0.15, -0.1) is 6.58 Å². The predicted octanol–water partition coefficient (Wildman–Crippen LogP) is 3.77. The van der Waals surface area contributed by atoms with E-state index in [9.17, 15) is 4.79 Å². The lowest BCUT2D eigenvalue weighted by Gasteiger charge is -2.30. The molecule has 0 radical (unpaired) electrons. The molecule has 0 fully saturated rings. The second-order valence-corrected chi connectivity index (χ2v) is 4.84. The summed E-state index contributed by atoms with van der Waals surface area (Å²) >= 11 is 0. The van der Waals surface area contributed by atoms with E-state index in [1.807, 2.05) is 19.9 Å². The third-order valence-electron chi connectivity index (χ3n) is 2.90. The van der Waals surface area contributed by atoms with Crippen molar-refractivity contribution in [2.24, 2.45) is 0 Å². The Balaban J connectivity index is 2.36. The van der Waals surface area contributed by atoms with Gasteiger partial charge < -0.3 is 4.74 Å². The molecule has 0 aromatic carbocycles. The maximum atomic E-state index is 11.3. The molecule has 1 aliphatic rings. The summed E-state index contributed by atoms with van der Waals surface area (Å²) in [6, 6.07) is 0. The minimum Gasteiger partial charge on any atom is -0.455 e. The molecule has 1 rings (SSSR count). The summed E-state index contributed by atoms with van der Waals surface area (Å²) in [5.41, 5.74) is 0.762. The van der Waals surface area contributed by atoms with Crippen LogP contribution >= 0.6 is 0 Å². The van der Waals surface area contributed by atoms with Gasteiger partial charge in [0.2, 0.25) is 0 Å². The Labute approximate surface area is 98.4 Å². The highest BCUT2D eigenvalue weighted by Gasteiger charge is 2.29. The topological polar surface area (TPSA) is 26.3 Å². The lowest BCUT2D eigenvalue weighted by molar-refractivity contribution is -0.155. The van der Waals surface area contributed by atoms with Crippen LogP contribution in [0.4, 0.5) is 0 Å². The van der Waals surface area contributed by atoms with Crippen LogP contribution in [0.1, 0.15) is 52.4 Å². The molecule has 1 atom stereocenters. The minimum absolute atomic E-state index is 0.0893. The van der Waals surface area contributed by atoms with Crippen molar-refractivity contribution in [3.63, 3.8) is 0 Å². The molecule has 16 heavy (non-hydrogen) atoms. The fourth-order valence-electron chi connectivity index (χ4n) is 2.19. The van der Waals surface area contributed by atoms with Crippen LogP contribution in [0.2, 0.25) is 0 Å². The largest absolute Gasteiger partial charge is 0.455 e. The summed E-state index contributed by atoms with van der Waals surface area (Å²) in [6.45, 7) is 7.70. The number of cyclic esters (lactones) is 1. The van der Waals surface area contributed by atoms with Gasteiger partial charge in [0, 0.05) is 0 Å². The standard InChI is InChI=1S/C14H22O2/c1-4-5-6-7-8-9-14(3)11-12(2)10-13(15)16-14/h4,11H,1,5-10H2,2-3H3. The van der Waals surface area contributed by atoms with Crippen molar-refractivity contribution < 1.29 is 9.53 Å². The lowest BCUT2D eigenvalue weighted by Crippen LogP contribution is -2.33. The molecule has 0 N–H and O–H groups in total. The Morgan fingerprint density at radius 3 is 2.88 bits per heavy atom. The fraction of sp³-hybridized carbons (Fsp3) is 0.643. The maximum Gasteiger partial charge on any atom is 0.310 e. The highest BCUT2D eigenvalue weighted by atomic mass is 16.6. The van der Waals surface area contributed by atoms with Crippen molar-refractivity contribution in [3.05, 3.63) is 24.3 Å². The summed E-state index contributed by atoms with van der Waals surface area (Å²) in [5, 5.41) is 0. The third kappa shape index (κ3) is 4.21. The average molecular weight is 222 g/mol. The first kappa shape index (κ1) is 13.0. The Kier molecular flexibility index (Phi) is 4.78. The van der Waals surface area contributed by atoms with Gasteiger partial charge in [-0.25, -0.2) is 0 Å². The summed E-state index contributed by atoms with van der Waals surface area (Å²) in [7, 11) is 0. The second kappa shape index (κ2) is 5.88. The predicted molar refractivity (Wildman–Crippen MR) is 66.2 cm³/mol. The van der Waals surface area contributed by atoms with Crippen molar-refractivity contribution in [1.82, 2.24) is 0 Å². The normalized spacial score (nSPS) is 24.9. The van der Waals surface area contributed by atoms with E-state index in [2.05, 4.69) is 12.7 Å². The van der Waals surface area contributed by atoms with Crippen LogP contribution in [0.25, 0.3) is 0 Å². The molecule has 0 aromatic rings. The van der Waals surface area contributed by atoms with Gasteiger partial charge in [-0.2, -0.15) is 0 Å². The van der Waals surface area contributed by atoms with Crippen molar-refractivity contribution in [1.29, 1.82) is 0 Å². The Hall–Kier alpha value is -1.05. The number of allylic oxidation sites excluding steroid dienone is 1. The molecule has 0 aliphatic carbocycles. The lowest BCUT2D eigenvalue weighted by atomic mass is 9.92. The van der Waals surface area contributed by atoms with Gasteiger partial charge in [-0.3, -0.25) is 4.79 Å². The molecular formula is C14H22O2. The summed E-state index contributed by atoms with van der Waals surface area (Å²) in [6.07, 6.45) is 9.95. The van der Waals surface area contributed by atoms with E-state index in [-0.39, 0.29) is 11.6 Å². The summed E-state index contributed by atoms with van der Waals surface area (Å²) in [4.78, 5) is 11.3. The monoisotopic (exact) mass is 222 g/mol. The molecule has 1 aliphatic heterocycles. The number of hydrogen-bond acceptors (Lipinski definition) is 2. The van der Waals surface area contributed by atoms with Crippen LogP contribution in [0, 0.1) is 0 Å². The second-order valence-electron chi connectivity index (χ2n) is 4.84. The SMILES string of the molecule is C=CCCCCCC1(C)C=C(C)CC(=O)O1. The molecule has 1 heterocycles. The molecule has 0 saturated heterocycles. The first-order valence-electron chi connectivity index (χ1n) is 6.07. The number of unbranched alkanes of at least 4 members (excludes halogenated alkanes) is 3. The van der Waals surface area contributed by atoms with Gasteiger partial charge >= 0.3 is 5.97 Å². The van der Waals surface area contributed by atoms with Crippen LogP contribution in [0.3, 0.4) is 0 Å². The van der Waals surface area contributed by atoms with E-state index in [4.69, 9.17) is 4.74 Å².